The maximum atomic E-state index is 5.12. The summed E-state index contributed by atoms with van der Waals surface area (Å²) < 4.78 is 5.12. The van der Waals surface area contributed by atoms with Crippen LogP contribution in [0.15, 0.2) is 47.3 Å². The Balaban J connectivity index is 2.03. The number of hydrogen-bond donors (Lipinski definition) is 0. The molecule has 0 saturated carbocycles. The van der Waals surface area contributed by atoms with Crippen LogP contribution in [0, 0.1) is 12.8 Å². The van der Waals surface area contributed by atoms with Crippen LogP contribution in [0.2, 0.25) is 0 Å². The first-order valence-corrected chi connectivity index (χ1v) is 7.03. The zero-order chi connectivity index (χ0) is 12.1. The van der Waals surface area contributed by atoms with Crippen LogP contribution in [-0.4, -0.2) is 5.33 Å². The number of furan rings is 1. The summed E-state index contributed by atoms with van der Waals surface area (Å²) >= 11 is 3.61. The topological polar surface area (TPSA) is 13.1 Å². The molecule has 2 heteroatoms. The molecular formula is C15H17BrO. The molecule has 0 spiro atoms. The van der Waals surface area contributed by atoms with Crippen LogP contribution < -0.4 is 0 Å². The second-order valence-corrected chi connectivity index (χ2v) is 5.13. The van der Waals surface area contributed by atoms with Gasteiger partial charge in [-0.3, -0.25) is 0 Å². The molecule has 0 fully saturated rings. The average molecular weight is 293 g/mol. The quantitative estimate of drug-likeness (QED) is 0.745. The largest absolute Gasteiger partial charge is 0.472 e. The van der Waals surface area contributed by atoms with Gasteiger partial charge in [0.05, 0.1) is 12.5 Å². The zero-order valence-electron chi connectivity index (χ0n) is 10.0. The third-order valence-corrected chi connectivity index (χ3v) is 4.01. The van der Waals surface area contributed by atoms with Crippen molar-refractivity contribution < 1.29 is 4.42 Å². The minimum Gasteiger partial charge on any atom is -0.472 e. The summed E-state index contributed by atoms with van der Waals surface area (Å²) in [6.07, 6.45) is 5.76. The Hall–Kier alpha value is -1.02. The Labute approximate surface area is 111 Å². The minimum atomic E-state index is 0.619. The fourth-order valence-corrected chi connectivity index (χ4v) is 2.53. The van der Waals surface area contributed by atoms with Crippen molar-refractivity contribution in [2.75, 3.05) is 5.33 Å². The van der Waals surface area contributed by atoms with E-state index in [2.05, 4.69) is 47.1 Å². The number of benzene rings is 1. The highest BCUT2D eigenvalue weighted by atomic mass is 79.9. The van der Waals surface area contributed by atoms with E-state index in [-0.39, 0.29) is 0 Å². The second-order valence-electron chi connectivity index (χ2n) is 4.49. The summed E-state index contributed by atoms with van der Waals surface area (Å²) in [6, 6.07) is 10.7. The zero-order valence-corrected chi connectivity index (χ0v) is 11.6. The number of halogens is 1. The van der Waals surface area contributed by atoms with E-state index >= 15 is 0 Å². The molecule has 1 unspecified atom stereocenters. The number of aryl methyl sites for hydroxylation is 1. The van der Waals surface area contributed by atoms with Gasteiger partial charge in [-0.2, -0.15) is 0 Å². The van der Waals surface area contributed by atoms with Gasteiger partial charge in [-0.25, -0.2) is 0 Å². The summed E-state index contributed by atoms with van der Waals surface area (Å²) in [5.41, 5.74) is 4.11. The van der Waals surface area contributed by atoms with Crippen LogP contribution >= 0.6 is 15.9 Å². The molecule has 1 heterocycles. The Morgan fingerprint density at radius 3 is 2.65 bits per heavy atom. The molecule has 0 radical (unpaired) electrons. The highest BCUT2D eigenvalue weighted by Gasteiger charge is 2.11. The number of alkyl halides is 1. The van der Waals surface area contributed by atoms with Crippen LogP contribution in [0.1, 0.15) is 16.7 Å². The lowest BCUT2D eigenvalue weighted by atomic mass is 9.93. The Kier molecular flexibility index (Phi) is 4.43. The molecule has 2 rings (SSSR count). The molecule has 0 aliphatic rings. The predicted octanol–water partition coefficient (Wildman–Crippen LogP) is 4.38. The van der Waals surface area contributed by atoms with Crippen molar-refractivity contribution in [3.63, 3.8) is 0 Å². The second kappa shape index (κ2) is 6.06. The first kappa shape index (κ1) is 12.4. The summed E-state index contributed by atoms with van der Waals surface area (Å²) in [6.45, 7) is 2.18. The van der Waals surface area contributed by atoms with Gasteiger partial charge in [-0.05, 0) is 48.4 Å². The molecule has 1 aromatic carbocycles. The average Bonchev–Trinajstić information content (AvgIpc) is 2.84. The van der Waals surface area contributed by atoms with Crippen LogP contribution in [-0.2, 0) is 12.8 Å². The third kappa shape index (κ3) is 3.47. The molecule has 0 aliphatic carbocycles. The van der Waals surface area contributed by atoms with E-state index in [1.54, 1.807) is 6.26 Å². The standard InChI is InChI=1S/C15H17BrO/c1-12-4-2-3-5-15(12)9-14(10-16)8-13-6-7-17-11-13/h2-7,11,14H,8-10H2,1H3. The van der Waals surface area contributed by atoms with E-state index in [1.165, 1.54) is 16.7 Å². The van der Waals surface area contributed by atoms with Gasteiger partial charge in [0.25, 0.3) is 0 Å². The highest BCUT2D eigenvalue weighted by Crippen LogP contribution is 2.19. The first-order valence-electron chi connectivity index (χ1n) is 5.91. The van der Waals surface area contributed by atoms with Gasteiger partial charge >= 0.3 is 0 Å². The van der Waals surface area contributed by atoms with E-state index in [0.717, 1.165) is 18.2 Å². The van der Waals surface area contributed by atoms with Gasteiger partial charge in [0, 0.05) is 5.33 Å². The van der Waals surface area contributed by atoms with Gasteiger partial charge in [0.2, 0.25) is 0 Å². The first-order chi connectivity index (χ1) is 8.29. The monoisotopic (exact) mass is 292 g/mol. The molecule has 0 saturated heterocycles. The van der Waals surface area contributed by atoms with Crippen molar-refractivity contribution in [3.05, 3.63) is 59.5 Å². The molecule has 0 N–H and O–H groups in total. The molecule has 90 valence electrons. The number of rotatable bonds is 5. The highest BCUT2D eigenvalue weighted by molar-refractivity contribution is 9.09. The predicted molar refractivity (Wildman–Crippen MR) is 74.6 cm³/mol. The molecule has 2 aromatic rings. The van der Waals surface area contributed by atoms with Crippen molar-refractivity contribution in [2.24, 2.45) is 5.92 Å². The summed E-state index contributed by atoms with van der Waals surface area (Å²) in [5.74, 6) is 0.619. The fourth-order valence-electron chi connectivity index (χ4n) is 2.07. The molecule has 17 heavy (non-hydrogen) atoms. The van der Waals surface area contributed by atoms with Crippen LogP contribution in [0.5, 0.6) is 0 Å². The maximum absolute atomic E-state index is 5.12. The normalized spacial score (nSPS) is 12.6. The van der Waals surface area contributed by atoms with Gasteiger partial charge in [-0.15, -0.1) is 0 Å². The lowest BCUT2D eigenvalue weighted by molar-refractivity contribution is 0.549. The van der Waals surface area contributed by atoms with Gasteiger partial charge < -0.3 is 4.42 Å². The Morgan fingerprint density at radius 1 is 1.18 bits per heavy atom. The van der Waals surface area contributed by atoms with Crippen LogP contribution in [0.4, 0.5) is 0 Å². The Morgan fingerprint density at radius 2 is 2.00 bits per heavy atom. The van der Waals surface area contributed by atoms with Crippen LogP contribution in [0.25, 0.3) is 0 Å². The van der Waals surface area contributed by atoms with Crippen LogP contribution in [0.3, 0.4) is 0 Å². The Bertz CT molecular complexity index is 448. The van der Waals surface area contributed by atoms with Gasteiger partial charge in [-0.1, -0.05) is 40.2 Å². The van der Waals surface area contributed by atoms with E-state index in [4.69, 9.17) is 4.42 Å². The molecule has 1 atom stereocenters. The van der Waals surface area contributed by atoms with Crippen molar-refractivity contribution in [3.8, 4) is 0 Å². The fraction of sp³-hybridized carbons (Fsp3) is 0.333. The van der Waals surface area contributed by atoms with Gasteiger partial charge in [0.15, 0.2) is 0 Å². The summed E-state index contributed by atoms with van der Waals surface area (Å²) in [7, 11) is 0. The van der Waals surface area contributed by atoms with Crippen molar-refractivity contribution in [2.45, 2.75) is 19.8 Å². The molecule has 1 nitrogen and oxygen atoms in total. The van der Waals surface area contributed by atoms with Crippen molar-refractivity contribution in [1.29, 1.82) is 0 Å². The SMILES string of the molecule is Cc1ccccc1CC(CBr)Cc1ccoc1. The smallest absolute Gasteiger partial charge is 0.0934 e. The van der Waals surface area contributed by atoms with Crippen molar-refractivity contribution >= 4 is 15.9 Å². The van der Waals surface area contributed by atoms with E-state index in [9.17, 15) is 0 Å². The molecule has 0 bridgehead atoms. The molecular weight excluding hydrogens is 276 g/mol. The van der Waals surface area contributed by atoms with E-state index in [1.807, 2.05) is 12.3 Å². The lowest BCUT2D eigenvalue weighted by Crippen LogP contribution is -2.10. The maximum Gasteiger partial charge on any atom is 0.0934 e. The lowest BCUT2D eigenvalue weighted by Gasteiger charge is -2.14. The minimum absolute atomic E-state index is 0.619. The van der Waals surface area contributed by atoms with E-state index in [0.29, 0.717) is 5.92 Å². The van der Waals surface area contributed by atoms with Crippen molar-refractivity contribution in [1.82, 2.24) is 0 Å². The summed E-state index contributed by atoms with van der Waals surface area (Å²) in [4.78, 5) is 0. The van der Waals surface area contributed by atoms with E-state index < -0.39 is 0 Å². The molecule has 0 aliphatic heterocycles. The summed E-state index contributed by atoms with van der Waals surface area (Å²) in [5, 5.41) is 1.02. The number of hydrogen-bond acceptors (Lipinski definition) is 1. The molecule has 1 aromatic heterocycles. The third-order valence-electron chi connectivity index (χ3n) is 3.09. The van der Waals surface area contributed by atoms with Gasteiger partial charge in [0.1, 0.15) is 0 Å². The molecule has 0 amide bonds.